The Labute approximate surface area is 84.1 Å². The van der Waals surface area contributed by atoms with E-state index in [1.54, 1.807) is 0 Å². The molecule has 3 heterocycles. The van der Waals surface area contributed by atoms with Gasteiger partial charge in [-0.2, -0.15) is 0 Å². The quantitative estimate of drug-likeness (QED) is 0.619. The average molecular weight is 186 g/mol. The molecule has 0 aromatic heterocycles. The van der Waals surface area contributed by atoms with E-state index in [-0.39, 0.29) is 0 Å². The van der Waals surface area contributed by atoms with E-state index in [4.69, 9.17) is 0 Å². The van der Waals surface area contributed by atoms with Crippen LogP contribution in [0.3, 0.4) is 0 Å². The topological polar surface area (TPSA) is 6.25 Å². The Balaban J connectivity index is 1.77. The van der Waals surface area contributed by atoms with Crippen molar-refractivity contribution in [1.82, 2.24) is 5.01 Å². The molecule has 1 aliphatic carbocycles. The molecule has 4 aliphatic rings. The lowest BCUT2D eigenvalue weighted by atomic mass is 10.1. The third kappa shape index (κ3) is 0.621. The van der Waals surface area contributed by atoms with Gasteiger partial charge < -0.3 is 5.01 Å². The fraction of sp³-hybridized carbons (Fsp3) is 0.500. The number of nitrogens with zero attached hydrogens (tertiary/aromatic N) is 2. The predicted molar refractivity (Wildman–Crippen MR) is 56.0 cm³/mol. The molecule has 5 rings (SSSR count). The van der Waals surface area contributed by atoms with E-state index in [0.29, 0.717) is 5.54 Å². The SMILES string of the molecule is CC12CC3CC1N2N3c1ccccc1. The van der Waals surface area contributed by atoms with Gasteiger partial charge >= 0.3 is 0 Å². The summed E-state index contributed by atoms with van der Waals surface area (Å²) in [5.41, 5.74) is 1.90. The fourth-order valence-corrected chi connectivity index (χ4v) is 3.56. The summed E-state index contributed by atoms with van der Waals surface area (Å²) >= 11 is 0. The third-order valence-corrected chi connectivity index (χ3v) is 4.21. The van der Waals surface area contributed by atoms with Crippen molar-refractivity contribution in [2.24, 2.45) is 0 Å². The maximum atomic E-state index is 2.58. The predicted octanol–water partition coefficient (Wildman–Crippen LogP) is 2.03. The highest BCUT2D eigenvalue weighted by molar-refractivity contribution is 5.54. The summed E-state index contributed by atoms with van der Waals surface area (Å²) in [5, 5.41) is 5.09. The molecule has 3 aliphatic heterocycles. The van der Waals surface area contributed by atoms with Crippen molar-refractivity contribution in [3.05, 3.63) is 30.3 Å². The Morgan fingerprint density at radius 2 is 2.07 bits per heavy atom. The van der Waals surface area contributed by atoms with Crippen molar-refractivity contribution in [1.29, 1.82) is 0 Å². The van der Waals surface area contributed by atoms with Crippen molar-refractivity contribution in [3.8, 4) is 0 Å². The van der Waals surface area contributed by atoms with Crippen LogP contribution in [0, 0.1) is 0 Å². The van der Waals surface area contributed by atoms with E-state index >= 15 is 0 Å². The van der Waals surface area contributed by atoms with Gasteiger partial charge in [-0.1, -0.05) is 18.2 Å². The summed E-state index contributed by atoms with van der Waals surface area (Å²) < 4.78 is 0. The number of rotatable bonds is 1. The lowest BCUT2D eigenvalue weighted by molar-refractivity contribution is 0.488. The zero-order valence-electron chi connectivity index (χ0n) is 8.35. The smallest absolute Gasteiger partial charge is 0.0574 e. The molecule has 1 aromatic rings. The summed E-state index contributed by atoms with van der Waals surface area (Å²) in [4.78, 5) is 0. The first kappa shape index (κ1) is 7.30. The minimum atomic E-state index is 0.528. The number of hydrogen-bond donors (Lipinski definition) is 0. The summed E-state index contributed by atoms with van der Waals surface area (Å²) in [6.07, 6.45) is 2.75. The first-order valence-corrected chi connectivity index (χ1v) is 5.44. The van der Waals surface area contributed by atoms with Crippen LogP contribution >= 0.6 is 0 Å². The Kier molecular flexibility index (Phi) is 1.03. The van der Waals surface area contributed by atoms with Crippen LogP contribution in [0.5, 0.6) is 0 Å². The number of hydrazine groups is 1. The van der Waals surface area contributed by atoms with Gasteiger partial charge in [0.05, 0.1) is 17.3 Å². The Morgan fingerprint density at radius 1 is 1.29 bits per heavy atom. The van der Waals surface area contributed by atoms with Crippen molar-refractivity contribution in [2.75, 3.05) is 5.01 Å². The Bertz CT molecular complexity index is 389. The summed E-state index contributed by atoms with van der Waals surface area (Å²) in [6.45, 7) is 2.40. The summed E-state index contributed by atoms with van der Waals surface area (Å²) in [6, 6.07) is 12.4. The molecule has 2 heteroatoms. The zero-order chi connectivity index (χ0) is 9.34. The molecule has 0 spiro atoms. The van der Waals surface area contributed by atoms with Gasteiger partial charge in [0.25, 0.3) is 0 Å². The third-order valence-electron chi connectivity index (χ3n) is 4.21. The fourth-order valence-electron chi connectivity index (χ4n) is 3.56. The number of benzene rings is 1. The highest BCUT2D eigenvalue weighted by atomic mass is 15.8. The summed E-state index contributed by atoms with van der Waals surface area (Å²) in [5.74, 6) is 0. The Hall–Kier alpha value is -1.02. The molecular formula is C12H14N2. The number of para-hydroxylation sites is 1. The molecule has 4 unspecified atom stereocenters. The minimum absolute atomic E-state index is 0.528. The molecular weight excluding hydrogens is 172 g/mol. The molecule has 1 aromatic carbocycles. The molecule has 4 bridgehead atoms. The standard InChI is InChI=1S/C12H14N2/c1-12-8-10-7-11(12)14(12)13(10)9-5-3-2-4-6-9/h2-6,10-11H,7-8H2,1H3. The highest BCUT2D eigenvalue weighted by Crippen LogP contribution is 2.63. The zero-order valence-corrected chi connectivity index (χ0v) is 8.35. The van der Waals surface area contributed by atoms with E-state index < -0.39 is 0 Å². The van der Waals surface area contributed by atoms with Crippen LogP contribution < -0.4 is 5.01 Å². The molecule has 1 saturated carbocycles. The number of anilines is 1. The van der Waals surface area contributed by atoms with E-state index in [9.17, 15) is 0 Å². The molecule has 4 atom stereocenters. The van der Waals surface area contributed by atoms with Crippen LogP contribution in [0.4, 0.5) is 5.69 Å². The Morgan fingerprint density at radius 3 is 2.57 bits per heavy atom. The van der Waals surface area contributed by atoms with Gasteiger partial charge in [0.15, 0.2) is 0 Å². The second-order valence-corrected chi connectivity index (χ2v) is 4.99. The minimum Gasteiger partial charge on any atom is -0.302 e. The van der Waals surface area contributed by atoms with Crippen molar-refractivity contribution in [3.63, 3.8) is 0 Å². The van der Waals surface area contributed by atoms with Crippen molar-refractivity contribution < 1.29 is 0 Å². The van der Waals surface area contributed by atoms with Crippen LogP contribution in [-0.2, 0) is 0 Å². The van der Waals surface area contributed by atoms with Crippen LogP contribution in [0.15, 0.2) is 30.3 Å². The lowest BCUT2D eigenvalue weighted by Crippen LogP contribution is -2.28. The van der Waals surface area contributed by atoms with Crippen LogP contribution in [-0.4, -0.2) is 22.6 Å². The number of hydrogen-bond acceptors (Lipinski definition) is 2. The molecule has 14 heavy (non-hydrogen) atoms. The molecule has 4 fully saturated rings. The van der Waals surface area contributed by atoms with E-state index in [2.05, 4.69) is 47.3 Å². The molecule has 3 saturated heterocycles. The van der Waals surface area contributed by atoms with E-state index in [1.807, 2.05) is 0 Å². The monoisotopic (exact) mass is 186 g/mol. The summed E-state index contributed by atoms with van der Waals surface area (Å²) in [7, 11) is 0. The molecule has 0 radical (unpaired) electrons. The van der Waals surface area contributed by atoms with Gasteiger partial charge in [0.2, 0.25) is 0 Å². The van der Waals surface area contributed by atoms with Crippen LogP contribution in [0.1, 0.15) is 19.8 Å². The van der Waals surface area contributed by atoms with Crippen LogP contribution in [0.2, 0.25) is 0 Å². The molecule has 72 valence electrons. The lowest BCUT2D eigenvalue weighted by Gasteiger charge is -2.23. The van der Waals surface area contributed by atoms with Crippen molar-refractivity contribution in [2.45, 2.75) is 37.4 Å². The van der Waals surface area contributed by atoms with Crippen molar-refractivity contribution >= 4 is 5.69 Å². The molecule has 0 amide bonds. The first-order chi connectivity index (χ1) is 6.81. The van der Waals surface area contributed by atoms with Crippen LogP contribution in [0.25, 0.3) is 0 Å². The van der Waals surface area contributed by atoms with E-state index in [0.717, 1.165) is 12.1 Å². The molecule has 0 N–H and O–H groups in total. The second-order valence-electron chi connectivity index (χ2n) is 4.99. The molecule has 2 nitrogen and oxygen atoms in total. The normalized spacial score (nSPS) is 47.2. The van der Waals surface area contributed by atoms with Gasteiger partial charge in [-0.25, -0.2) is 5.01 Å². The second kappa shape index (κ2) is 1.98. The van der Waals surface area contributed by atoms with Gasteiger partial charge in [-0.3, -0.25) is 0 Å². The van der Waals surface area contributed by atoms with Gasteiger partial charge in [0, 0.05) is 6.04 Å². The van der Waals surface area contributed by atoms with Gasteiger partial charge in [-0.15, -0.1) is 0 Å². The van der Waals surface area contributed by atoms with E-state index in [1.165, 1.54) is 18.5 Å². The first-order valence-electron chi connectivity index (χ1n) is 5.44. The van der Waals surface area contributed by atoms with Gasteiger partial charge in [0.1, 0.15) is 0 Å². The maximum Gasteiger partial charge on any atom is 0.0574 e. The number of piperidine rings is 1. The largest absolute Gasteiger partial charge is 0.302 e. The highest BCUT2D eigenvalue weighted by Gasteiger charge is 2.74. The van der Waals surface area contributed by atoms with Gasteiger partial charge in [-0.05, 0) is 31.9 Å². The average Bonchev–Trinajstić information content (AvgIpc) is 2.65. The maximum absolute atomic E-state index is 2.58.